The number of carbonyl (C=O) groups is 2. The Balaban J connectivity index is 1.88. The maximum atomic E-state index is 12.0. The third-order valence-electron chi connectivity index (χ3n) is 3.47. The van der Waals surface area contributed by atoms with Crippen molar-refractivity contribution >= 4 is 29.2 Å². The van der Waals surface area contributed by atoms with Gasteiger partial charge in [-0.25, -0.2) is 0 Å². The number of esters is 1. The molecule has 0 aliphatic carbocycles. The molecule has 2 aromatic rings. The molecular weight excluding hydrogens is 370 g/mol. The van der Waals surface area contributed by atoms with E-state index in [1.807, 2.05) is 13.8 Å². The van der Waals surface area contributed by atoms with Gasteiger partial charge in [0.25, 0.3) is 5.91 Å². The maximum Gasteiger partial charge on any atom is 0.310 e. The van der Waals surface area contributed by atoms with Crippen molar-refractivity contribution in [1.82, 2.24) is 0 Å². The lowest BCUT2D eigenvalue weighted by Crippen LogP contribution is -2.21. The van der Waals surface area contributed by atoms with Gasteiger partial charge in [-0.3, -0.25) is 9.59 Å². The first-order chi connectivity index (χ1) is 13.0. The lowest BCUT2D eigenvalue weighted by atomic mass is 10.1. The third-order valence-corrected chi connectivity index (χ3v) is 3.80. The van der Waals surface area contributed by atoms with Gasteiger partial charge in [-0.2, -0.15) is 0 Å². The summed E-state index contributed by atoms with van der Waals surface area (Å²) >= 11 is 5.97. The fourth-order valence-corrected chi connectivity index (χ4v) is 2.50. The van der Waals surface area contributed by atoms with Crippen LogP contribution in [0, 0.1) is 0 Å². The highest BCUT2D eigenvalue weighted by Crippen LogP contribution is 2.28. The molecule has 7 heteroatoms. The summed E-state index contributed by atoms with van der Waals surface area (Å²) in [4.78, 5) is 23.9. The van der Waals surface area contributed by atoms with E-state index in [1.165, 1.54) is 0 Å². The standard InChI is InChI=1S/C20H22ClNO5/c1-3-25-17-10-9-14(11-18(17)26-4-2)12-20(24)27-13-19(23)22-16-8-6-5-7-15(16)21/h5-11H,3-4,12-13H2,1-2H3,(H,22,23). The first-order valence-electron chi connectivity index (χ1n) is 8.62. The predicted molar refractivity (Wildman–Crippen MR) is 104 cm³/mol. The van der Waals surface area contributed by atoms with Gasteiger partial charge in [0, 0.05) is 0 Å². The Morgan fingerprint density at radius 2 is 1.70 bits per heavy atom. The molecule has 1 amide bonds. The van der Waals surface area contributed by atoms with Gasteiger partial charge in [-0.05, 0) is 43.7 Å². The third kappa shape index (κ3) is 6.49. The number of halogens is 1. The molecule has 2 rings (SSSR count). The van der Waals surface area contributed by atoms with Gasteiger partial charge in [0.1, 0.15) is 0 Å². The summed E-state index contributed by atoms with van der Waals surface area (Å²) in [6, 6.07) is 12.1. The van der Waals surface area contributed by atoms with Gasteiger partial charge in [0.15, 0.2) is 18.1 Å². The normalized spacial score (nSPS) is 10.2. The molecule has 1 N–H and O–H groups in total. The van der Waals surface area contributed by atoms with Crippen LogP contribution >= 0.6 is 11.6 Å². The molecule has 27 heavy (non-hydrogen) atoms. The highest BCUT2D eigenvalue weighted by atomic mass is 35.5. The highest BCUT2D eigenvalue weighted by molar-refractivity contribution is 6.33. The van der Waals surface area contributed by atoms with Crippen LogP contribution in [0.15, 0.2) is 42.5 Å². The number of hydrogen-bond donors (Lipinski definition) is 1. The van der Waals surface area contributed by atoms with E-state index >= 15 is 0 Å². The van der Waals surface area contributed by atoms with Gasteiger partial charge in [-0.1, -0.05) is 29.8 Å². The van der Waals surface area contributed by atoms with E-state index < -0.39 is 11.9 Å². The number of nitrogens with one attached hydrogen (secondary N) is 1. The fraction of sp³-hybridized carbons (Fsp3) is 0.300. The van der Waals surface area contributed by atoms with Crippen LogP contribution in [0.2, 0.25) is 5.02 Å². The van der Waals surface area contributed by atoms with Crippen molar-refractivity contribution in [3.8, 4) is 11.5 Å². The first kappa shape index (κ1) is 20.6. The summed E-state index contributed by atoms with van der Waals surface area (Å²) in [5, 5.41) is 3.00. The van der Waals surface area contributed by atoms with Crippen LogP contribution in [-0.4, -0.2) is 31.7 Å². The Hall–Kier alpha value is -2.73. The van der Waals surface area contributed by atoms with Crippen LogP contribution in [0.1, 0.15) is 19.4 Å². The highest BCUT2D eigenvalue weighted by Gasteiger charge is 2.12. The van der Waals surface area contributed by atoms with Crippen molar-refractivity contribution < 1.29 is 23.8 Å². The minimum Gasteiger partial charge on any atom is -0.490 e. The number of benzene rings is 2. The number of anilines is 1. The molecule has 0 heterocycles. The van der Waals surface area contributed by atoms with E-state index in [0.29, 0.717) is 41.0 Å². The van der Waals surface area contributed by atoms with Crippen molar-refractivity contribution in [3.63, 3.8) is 0 Å². The maximum absolute atomic E-state index is 12.0. The number of amides is 1. The molecule has 0 saturated carbocycles. The molecule has 2 aromatic carbocycles. The predicted octanol–water partition coefficient (Wildman–Crippen LogP) is 3.86. The fourth-order valence-electron chi connectivity index (χ4n) is 2.32. The SMILES string of the molecule is CCOc1ccc(CC(=O)OCC(=O)Nc2ccccc2Cl)cc1OCC. The second kappa shape index (κ2) is 10.4. The topological polar surface area (TPSA) is 73.9 Å². The Labute approximate surface area is 163 Å². The minimum absolute atomic E-state index is 0.0197. The second-order valence-electron chi connectivity index (χ2n) is 5.51. The lowest BCUT2D eigenvalue weighted by Gasteiger charge is -2.12. The molecule has 0 atom stereocenters. The van der Waals surface area contributed by atoms with Crippen molar-refractivity contribution in [2.24, 2.45) is 0 Å². The summed E-state index contributed by atoms with van der Waals surface area (Å²) in [5.74, 6) is 0.214. The zero-order chi connectivity index (χ0) is 19.6. The molecule has 6 nitrogen and oxygen atoms in total. The quantitative estimate of drug-likeness (QED) is 0.657. The molecule has 0 saturated heterocycles. The van der Waals surface area contributed by atoms with E-state index in [0.717, 1.165) is 0 Å². The molecule has 0 bridgehead atoms. The molecule has 0 aliphatic rings. The number of rotatable bonds is 9. The van der Waals surface area contributed by atoms with Gasteiger partial charge in [-0.15, -0.1) is 0 Å². The molecule has 0 unspecified atom stereocenters. The summed E-state index contributed by atoms with van der Waals surface area (Å²) in [5.41, 5.74) is 1.17. The van der Waals surface area contributed by atoms with Gasteiger partial charge in [0.05, 0.1) is 30.3 Å². The summed E-state index contributed by atoms with van der Waals surface area (Å²) in [7, 11) is 0. The molecule has 0 radical (unpaired) electrons. The van der Waals surface area contributed by atoms with E-state index in [2.05, 4.69) is 5.32 Å². The van der Waals surface area contributed by atoms with Gasteiger partial charge < -0.3 is 19.5 Å². The number of ether oxygens (including phenoxy) is 3. The van der Waals surface area contributed by atoms with Gasteiger partial charge in [0.2, 0.25) is 0 Å². The van der Waals surface area contributed by atoms with Crippen LogP contribution in [0.4, 0.5) is 5.69 Å². The Morgan fingerprint density at radius 3 is 2.41 bits per heavy atom. The van der Waals surface area contributed by atoms with Crippen LogP contribution in [0.3, 0.4) is 0 Å². The Bertz CT molecular complexity index is 794. The number of para-hydroxylation sites is 1. The van der Waals surface area contributed by atoms with Crippen LogP contribution in [0.5, 0.6) is 11.5 Å². The summed E-state index contributed by atoms with van der Waals surface area (Å²) < 4.78 is 16.1. The molecular formula is C20H22ClNO5. The summed E-state index contributed by atoms with van der Waals surface area (Å²) in [6.45, 7) is 4.36. The van der Waals surface area contributed by atoms with E-state index in [9.17, 15) is 9.59 Å². The van der Waals surface area contributed by atoms with Crippen molar-refractivity contribution in [2.75, 3.05) is 25.1 Å². The average molecular weight is 392 g/mol. The minimum atomic E-state index is -0.518. The summed E-state index contributed by atoms with van der Waals surface area (Å²) in [6.07, 6.45) is 0.0197. The Morgan fingerprint density at radius 1 is 1.00 bits per heavy atom. The molecule has 0 aromatic heterocycles. The monoisotopic (exact) mass is 391 g/mol. The molecule has 0 aliphatic heterocycles. The zero-order valence-electron chi connectivity index (χ0n) is 15.3. The second-order valence-corrected chi connectivity index (χ2v) is 5.92. The Kier molecular flexibility index (Phi) is 7.95. The number of hydrogen-bond acceptors (Lipinski definition) is 5. The first-order valence-corrected chi connectivity index (χ1v) is 8.99. The van der Waals surface area contributed by atoms with Crippen LogP contribution < -0.4 is 14.8 Å². The van der Waals surface area contributed by atoms with Crippen LogP contribution in [-0.2, 0) is 20.7 Å². The van der Waals surface area contributed by atoms with Crippen molar-refractivity contribution in [3.05, 3.63) is 53.1 Å². The number of carbonyl (C=O) groups excluding carboxylic acids is 2. The molecule has 0 fully saturated rings. The van der Waals surface area contributed by atoms with E-state index in [1.54, 1.807) is 42.5 Å². The average Bonchev–Trinajstić information content (AvgIpc) is 2.64. The van der Waals surface area contributed by atoms with Crippen LogP contribution in [0.25, 0.3) is 0 Å². The largest absolute Gasteiger partial charge is 0.490 e. The van der Waals surface area contributed by atoms with E-state index in [4.69, 9.17) is 25.8 Å². The van der Waals surface area contributed by atoms with Crippen molar-refractivity contribution in [1.29, 1.82) is 0 Å². The smallest absolute Gasteiger partial charge is 0.310 e. The zero-order valence-corrected chi connectivity index (χ0v) is 16.0. The van der Waals surface area contributed by atoms with Crippen molar-refractivity contribution in [2.45, 2.75) is 20.3 Å². The van der Waals surface area contributed by atoms with Gasteiger partial charge >= 0.3 is 5.97 Å². The van der Waals surface area contributed by atoms with E-state index in [-0.39, 0.29) is 13.0 Å². The molecule has 0 spiro atoms. The molecule has 144 valence electrons. The lowest BCUT2D eigenvalue weighted by molar-refractivity contribution is -0.146.